The van der Waals surface area contributed by atoms with E-state index in [2.05, 4.69) is 32.2 Å². The molecule has 176 valence electrons. The van der Waals surface area contributed by atoms with Crippen LogP contribution in [-0.4, -0.2) is 20.7 Å². The summed E-state index contributed by atoms with van der Waals surface area (Å²) in [6.07, 6.45) is 0.262. The molecule has 0 N–H and O–H groups in total. The number of benzene rings is 2. The van der Waals surface area contributed by atoms with Crippen molar-refractivity contribution >= 4 is 27.5 Å². The van der Waals surface area contributed by atoms with Crippen LogP contribution in [0.2, 0.25) is 0 Å². The highest BCUT2D eigenvalue weighted by atomic mass is 79.9. The van der Waals surface area contributed by atoms with Gasteiger partial charge in [0.25, 0.3) is 5.91 Å². The molecule has 3 aromatic rings. The van der Waals surface area contributed by atoms with E-state index in [0.717, 1.165) is 31.2 Å². The average Bonchev–Trinajstić information content (AvgIpc) is 3.33. The molecule has 0 atom stereocenters. The molecule has 0 unspecified atom stereocenters. The van der Waals surface area contributed by atoms with E-state index < -0.39 is 17.6 Å². The number of para-hydroxylation sites is 1. The summed E-state index contributed by atoms with van der Waals surface area (Å²) in [6, 6.07) is 13.4. The molecule has 5 rings (SSSR count). The topological polar surface area (TPSA) is 74.8 Å². The predicted molar refractivity (Wildman–Crippen MR) is 123 cm³/mol. The first-order valence-corrected chi connectivity index (χ1v) is 11.5. The fraction of sp³-hybridized carbons (Fsp3) is 0.333. The summed E-state index contributed by atoms with van der Waals surface area (Å²) in [4.78, 5) is 13.7. The molecule has 1 aromatic heterocycles. The number of amides is 1. The van der Waals surface area contributed by atoms with Crippen LogP contribution in [0.3, 0.4) is 0 Å². The maximum Gasteiger partial charge on any atom is 0.416 e. The number of anilines is 1. The minimum absolute atomic E-state index is 0.0274. The second-order valence-corrected chi connectivity index (χ2v) is 9.35. The van der Waals surface area contributed by atoms with Crippen LogP contribution >= 0.6 is 15.9 Å². The predicted octanol–water partition coefficient (Wildman–Crippen LogP) is 5.54. The molecular formula is C24H21BrF3N5O. The lowest BCUT2D eigenvalue weighted by atomic mass is 9.74. The van der Waals surface area contributed by atoms with Gasteiger partial charge in [0.05, 0.1) is 18.2 Å². The maximum absolute atomic E-state index is 13.1. The van der Waals surface area contributed by atoms with Gasteiger partial charge in [-0.15, -0.1) is 10.2 Å². The van der Waals surface area contributed by atoms with Crippen molar-refractivity contribution in [3.63, 3.8) is 0 Å². The lowest BCUT2D eigenvalue weighted by Crippen LogP contribution is -2.25. The number of hydrogen-bond acceptors (Lipinski definition) is 4. The smallest absolute Gasteiger partial charge is 0.321 e. The first-order valence-electron chi connectivity index (χ1n) is 10.7. The summed E-state index contributed by atoms with van der Waals surface area (Å²) >= 11 is 3.04. The number of carbonyl (C=O) groups is 1. The van der Waals surface area contributed by atoms with E-state index in [-0.39, 0.29) is 22.1 Å². The second kappa shape index (κ2) is 9.58. The van der Waals surface area contributed by atoms with Crippen LogP contribution in [0.4, 0.5) is 18.9 Å². The molecular weight excluding hydrogens is 511 g/mol. The largest absolute Gasteiger partial charge is 0.416 e. The zero-order valence-corrected chi connectivity index (χ0v) is 19.8. The highest BCUT2D eigenvalue weighted by molar-refractivity contribution is 9.10. The van der Waals surface area contributed by atoms with Gasteiger partial charge in [-0.25, -0.2) is 0 Å². The normalized spacial score (nSPS) is 19.1. The Hall–Kier alpha value is -3.19. The molecule has 2 heterocycles. The summed E-state index contributed by atoms with van der Waals surface area (Å²) in [5, 5.41) is 16.4. The van der Waals surface area contributed by atoms with E-state index in [1.54, 1.807) is 36.7 Å². The van der Waals surface area contributed by atoms with E-state index >= 15 is 0 Å². The van der Waals surface area contributed by atoms with E-state index in [1.165, 1.54) is 11.0 Å². The Balaban J connectivity index is 0.000000180. The van der Waals surface area contributed by atoms with Gasteiger partial charge < -0.3 is 9.47 Å². The van der Waals surface area contributed by atoms with Crippen LogP contribution in [0.5, 0.6) is 0 Å². The number of rotatable bonds is 3. The summed E-state index contributed by atoms with van der Waals surface area (Å²) < 4.78 is 41.6. The molecule has 2 aliphatic rings. The standard InChI is InChI=1S/C15H9BrF3NO.C9H12N4/c16-9-6-11-12(13(7-9)15(17,18)19)8-20(14(11)21)10-4-2-1-3-5-10;1-13-6-11-12-9(13)4-7-2-8(3-7)5-10/h1-7H,8H2;6-8H,2-4H2,1H3. The SMILES string of the molecule is Cn1cnnc1CC1CC(C#N)C1.O=C1c2cc(Br)cc(C(F)(F)F)c2CN1c1ccccc1. The van der Waals surface area contributed by atoms with Crippen molar-refractivity contribution in [1.29, 1.82) is 5.26 Å². The number of aryl methyl sites for hydroxylation is 1. The number of fused-ring (bicyclic) bond motifs is 1. The summed E-state index contributed by atoms with van der Waals surface area (Å²) in [7, 11) is 1.95. The molecule has 2 aromatic carbocycles. The molecule has 10 heteroatoms. The van der Waals surface area contributed by atoms with Crippen LogP contribution < -0.4 is 4.90 Å². The molecule has 0 bridgehead atoms. The second-order valence-electron chi connectivity index (χ2n) is 8.43. The zero-order valence-electron chi connectivity index (χ0n) is 18.3. The van der Waals surface area contributed by atoms with Crippen LogP contribution in [0.15, 0.2) is 53.3 Å². The third kappa shape index (κ3) is 4.99. The van der Waals surface area contributed by atoms with Crippen molar-refractivity contribution in [2.24, 2.45) is 18.9 Å². The van der Waals surface area contributed by atoms with Gasteiger partial charge in [-0.3, -0.25) is 4.79 Å². The van der Waals surface area contributed by atoms with Gasteiger partial charge in [0, 0.05) is 35.1 Å². The first-order chi connectivity index (χ1) is 16.2. The minimum atomic E-state index is -4.49. The fourth-order valence-electron chi connectivity index (χ4n) is 4.20. The summed E-state index contributed by atoms with van der Waals surface area (Å²) in [5.74, 6) is 1.55. The first kappa shape index (κ1) is 24.0. The third-order valence-corrected chi connectivity index (χ3v) is 6.53. The zero-order chi connectivity index (χ0) is 24.5. The van der Waals surface area contributed by atoms with Crippen molar-refractivity contribution < 1.29 is 18.0 Å². The lowest BCUT2D eigenvalue weighted by Gasteiger charge is -2.29. The van der Waals surface area contributed by atoms with Crippen molar-refractivity contribution in [2.45, 2.75) is 32.0 Å². The quantitative estimate of drug-likeness (QED) is 0.445. The summed E-state index contributed by atoms with van der Waals surface area (Å²) in [5.41, 5.74) is -0.0540. The van der Waals surface area contributed by atoms with E-state index in [1.807, 2.05) is 11.6 Å². The molecule has 1 amide bonds. The van der Waals surface area contributed by atoms with Crippen LogP contribution in [0.25, 0.3) is 0 Å². The maximum atomic E-state index is 13.1. The molecule has 1 aliphatic heterocycles. The van der Waals surface area contributed by atoms with E-state index in [9.17, 15) is 18.0 Å². The number of carbonyl (C=O) groups excluding carboxylic acids is 1. The van der Waals surface area contributed by atoms with Crippen LogP contribution in [-0.2, 0) is 26.2 Å². The average molecular weight is 532 g/mol. The lowest BCUT2D eigenvalue weighted by molar-refractivity contribution is -0.138. The Morgan fingerprint density at radius 2 is 1.91 bits per heavy atom. The van der Waals surface area contributed by atoms with Gasteiger partial charge in [0.15, 0.2) is 0 Å². The van der Waals surface area contributed by atoms with Crippen molar-refractivity contribution in [3.05, 3.63) is 75.8 Å². The Kier molecular flexibility index (Phi) is 6.75. The Bertz CT molecular complexity index is 1230. The van der Waals surface area contributed by atoms with Gasteiger partial charge >= 0.3 is 6.18 Å². The monoisotopic (exact) mass is 531 g/mol. The minimum Gasteiger partial charge on any atom is -0.321 e. The fourth-order valence-corrected chi connectivity index (χ4v) is 4.66. The molecule has 0 saturated heterocycles. The molecule has 1 aliphatic carbocycles. The molecule has 34 heavy (non-hydrogen) atoms. The van der Waals surface area contributed by atoms with Gasteiger partial charge in [0.2, 0.25) is 0 Å². The number of alkyl halides is 3. The number of aromatic nitrogens is 3. The van der Waals surface area contributed by atoms with Crippen LogP contribution in [0, 0.1) is 23.2 Å². The van der Waals surface area contributed by atoms with Crippen molar-refractivity contribution in [3.8, 4) is 6.07 Å². The summed E-state index contributed by atoms with van der Waals surface area (Å²) in [6.45, 7) is -0.0691. The molecule has 1 fully saturated rings. The van der Waals surface area contributed by atoms with Gasteiger partial charge in [-0.1, -0.05) is 34.1 Å². The van der Waals surface area contributed by atoms with E-state index in [4.69, 9.17) is 5.26 Å². The van der Waals surface area contributed by atoms with Gasteiger partial charge in [0.1, 0.15) is 12.2 Å². The third-order valence-electron chi connectivity index (χ3n) is 6.07. The molecule has 0 radical (unpaired) electrons. The Labute approximate surface area is 203 Å². The number of hydrogen-bond donors (Lipinski definition) is 0. The highest BCUT2D eigenvalue weighted by Crippen LogP contribution is 2.40. The number of nitrogens with zero attached hydrogens (tertiary/aromatic N) is 5. The van der Waals surface area contributed by atoms with Crippen LogP contribution in [0.1, 0.15) is 40.2 Å². The van der Waals surface area contributed by atoms with Crippen molar-refractivity contribution in [2.75, 3.05) is 4.90 Å². The van der Waals surface area contributed by atoms with Crippen molar-refractivity contribution in [1.82, 2.24) is 14.8 Å². The molecule has 6 nitrogen and oxygen atoms in total. The van der Waals surface area contributed by atoms with E-state index in [0.29, 0.717) is 17.5 Å². The Morgan fingerprint density at radius 1 is 1.21 bits per heavy atom. The highest BCUT2D eigenvalue weighted by Gasteiger charge is 2.40. The number of halogens is 4. The molecule has 0 spiro atoms. The number of nitriles is 1. The Morgan fingerprint density at radius 3 is 2.50 bits per heavy atom. The van der Waals surface area contributed by atoms with Gasteiger partial charge in [-0.05, 0) is 48.6 Å². The molecule has 1 saturated carbocycles. The van der Waals surface area contributed by atoms with Gasteiger partial charge in [-0.2, -0.15) is 18.4 Å².